The fraction of sp³-hybridized carbons (Fsp3) is 0.857. The summed E-state index contributed by atoms with van der Waals surface area (Å²) in [6.07, 6.45) is 3.30. The van der Waals surface area contributed by atoms with E-state index in [0.29, 0.717) is 0 Å². The summed E-state index contributed by atoms with van der Waals surface area (Å²) in [5.74, 6) is -3.49. The number of halogens is 2. The molecule has 90 valence electrons. The van der Waals surface area contributed by atoms with Crippen molar-refractivity contribution in [3.05, 3.63) is 0 Å². The van der Waals surface area contributed by atoms with Gasteiger partial charge >= 0.3 is 5.76 Å². The molecule has 0 spiro atoms. The van der Waals surface area contributed by atoms with Gasteiger partial charge < -0.3 is 0 Å². The first-order valence-corrected chi connectivity index (χ1v) is 6.38. The summed E-state index contributed by atoms with van der Waals surface area (Å²) in [5.41, 5.74) is 0. The highest BCUT2D eigenvalue weighted by molar-refractivity contribution is 7.91. The zero-order valence-corrected chi connectivity index (χ0v) is 9.07. The summed E-state index contributed by atoms with van der Waals surface area (Å²) in [6.45, 7) is 0. The van der Waals surface area contributed by atoms with Gasteiger partial charge in [0.2, 0.25) is 0 Å². The number of alkyl halides is 2. The van der Waals surface area contributed by atoms with E-state index in [2.05, 4.69) is 15.5 Å². The van der Waals surface area contributed by atoms with Crippen molar-refractivity contribution in [2.45, 2.75) is 42.6 Å². The highest BCUT2D eigenvalue weighted by atomic mass is 32.2. The zero-order valence-electron chi connectivity index (χ0n) is 8.25. The largest absolute Gasteiger partial charge is 0.344 e. The lowest BCUT2D eigenvalue weighted by Crippen LogP contribution is -2.20. The van der Waals surface area contributed by atoms with Gasteiger partial charge in [0, 0.05) is 0 Å². The van der Waals surface area contributed by atoms with Crippen LogP contribution in [0.3, 0.4) is 0 Å². The van der Waals surface area contributed by atoms with Gasteiger partial charge in [0.05, 0.1) is 6.04 Å². The third kappa shape index (κ3) is 1.79. The van der Waals surface area contributed by atoms with Gasteiger partial charge in [0.15, 0.2) is 0 Å². The molecule has 0 atom stereocenters. The van der Waals surface area contributed by atoms with Gasteiger partial charge in [-0.25, -0.2) is 13.1 Å². The molecule has 1 saturated carbocycles. The maximum Gasteiger partial charge on any atom is 0.344 e. The number of aromatic nitrogens is 4. The molecule has 0 bridgehead atoms. The van der Waals surface area contributed by atoms with E-state index in [0.717, 1.165) is 30.4 Å². The summed E-state index contributed by atoms with van der Waals surface area (Å²) < 4.78 is 48.2. The Morgan fingerprint density at radius 3 is 2.50 bits per heavy atom. The molecule has 0 saturated heterocycles. The van der Waals surface area contributed by atoms with Crippen molar-refractivity contribution in [3.63, 3.8) is 0 Å². The van der Waals surface area contributed by atoms with Crippen LogP contribution >= 0.6 is 0 Å². The molecule has 9 heteroatoms. The molecule has 0 N–H and O–H groups in total. The maximum atomic E-state index is 12.3. The standard InChI is InChI=1S/C7H10F2N4O2S/c8-6(9)16(14,15)7-10-11-12-13(7)5-3-1-2-4-5/h5-6H,1-4H2. The molecule has 0 unspecified atom stereocenters. The molecule has 2 rings (SSSR count). The molecule has 0 aromatic carbocycles. The topological polar surface area (TPSA) is 77.7 Å². The molecule has 0 aliphatic heterocycles. The average molecular weight is 252 g/mol. The van der Waals surface area contributed by atoms with E-state index in [9.17, 15) is 17.2 Å². The maximum absolute atomic E-state index is 12.3. The van der Waals surface area contributed by atoms with E-state index in [1.807, 2.05) is 0 Å². The minimum Gasteiger partial charge on any atom is -0.214 e. The number of nitrogens with zero attached hydrogens (tertiary/aromatic N) is 4. The highest BCUT2D eigenvalue weighted by Crippen LogP contribution is 2.30. The second kappa shape index (κ2) is 4.04. The lowest BCUT2D eigenvalue weighted by molar-refractivity contribution is 0.232. The van der Waals surface area contributed by atoms with Crippen LogP contribution in [0, 0.1) is 0 Å². The summed E-state index contributed by atoms with van der Waals surface area (Å²) in [4.78, 5) is 0. The van der Waals surface area contributed by atoms with Gasteiger partial charge in [-0.05, 0) is 23.3 Å². The zero-order chi connectivity index (χ0) is 11.8. The first kappa shape index (κ1) is 11.4. The quantitative estimate of drug-likeness (QED) is 0.794. The third-order valence-corrected chi connectivity index (χ3v) is 3.87. The van der Waals surface area contributed by atoms with Crippen molar-refractivity contribution < 1.29 is 17.2 Å². The number of hydrogen-bond acceptors (Lipinski definition) is 5. The lowest BCUT2D eigenvalue weighted by Gasteiger charge is -2.10. The van der Waals surface area contributed by atoms with Gasteiger partial charge in [-0.1, -0.05) is 17.9 Å². The predicted molar refractivity (Wildman–Crippen MR) is 48.5 cm³/mol. The van der Waals surface area contributed by atoms with Crippen LogP contribution in [0.25, 0.3) is 0 Å². The molecule has 0 radical (unpaired) electrons. The summed E-state index contributed by atoms with van der Waals surface area (Å²) in [5, 5.41) is 9.12. The molecule has 1 aliphatic rings. The van der Waals surface area contributed by atoms with Crippen molar-refractivity contribution in [3.8, 4) is 0 Å². The summed E-state index contributed by atoms with van der Waals surface area (Å²) in [6, 6.07) is -0.182. The minimum absolute atomic E-state index is 0.182. The summed E-state index contributed by atoms with van der Waals surface area (Å²) >= 11 is 0. The first-order valence-electron chi connectivity index (χ1n) is 4.83. The Labute approximate surface area is 90.6 Å². The highest BCUT2D eigenvalue weighted by Gasteiger charge is 2.35. The van der Waals surface area contributed by atoms with E-state index < -0.39 is 20.8 Å². The molecule has 6 nitrogen and oxygen atoms in total. The van der Waals surface area contributed by atoms with Crippen LogP contribution in [-0.2, 0) is 9.84 Å². The Morgan fingerprint density at radius 1 is 1.31 bits per heavy atom. The molecule has 1 aromatic rings. The van der Waals surface area contributed by atoms with Gasteiger partial charge in [-0.2, -0.15) is 8.78 Å². The number of hydrogen-bond donors (Lipinski definition) is 0. The van der Waals surface area contributed by atoms with Crippen molar-refractivity contribution in [2.75, 3.05) is 0 Å². The Kier molecular flexibility index (Phi) is 2.87. The SMILES string of the molecule is O=S(=O)(c1nnnn1C1CCCC1)C(F)F. The second-order valence-corrected chi connectivity index (χ2v) is 5.46. The molecule has 1 aliphatic carbocycles. The fourth-order valence-corrected chi connectivity index (χ4v) is 2.59. The number of sulfone groups is 1. The van der Waals surface area contributed by atoms with Gasteiger partial charge in [0.25, 0.3) is 15.0 Å². The Bertz CT molecular complexity index is 466. The first-order chi connectivity index (χ1) is 7.53. The monoisotopic (exact) mass is 252 g/mol. The van der Waals surface area contributed by atoms with Crippen molar-refractivity contribution in [1.82, 2.24) is 20.2 Å². The predicted octanol–water partition coefficient (Wildman–Crippen LogP) is 0.784. The normalized spacial score (nSPS) is 18.4. The molecule has 0 amide bonds. The fourth-order valence-electron chi connectivity index (χ4n) is 1.83. The van der Waals surface area contributed by atoms with Crippen LogP contribution in [-0.4, -0.2) is 34.4 Å². The van der Waals surface area contributed by atoms with E-state index in [1.54, 1.807) is 0 Å². The molecule has 1 aromatic heterocycles. The van der Waals surface area contributed by atoms with E-state index in [4.69, 9.17) is 0 Å². The van der Waals surface area contributed by atoms with Crippen LogP contribution in [0.2, 0.25) is 0 Å². The molecular formula is C7H10F2N4O2S. The third-order valence-electron chi connectivity index (χ3n) is 2.62. The Hall–Kier alpha value is -1.12. The molecular weight excluding hydrogens is 242 g/mol. The number of tetrazole rings is 1. The molecule has 1 fully saturated rings. The van der Waals surface area contributed by atoms with E-state index in [-0.39, 0.29) is 6.04 Å². The van der Waals surface area contributed by atoms with E-state index in [1.165, 1.54) is 0 Å². The average Bonchev–Trinajstić information content (AvgIpc) is 2.88. The smallest absolute Gasteiger partial charge is 0.214 e. The van der Waals surface area contributed by atoms with Gasteiger partial charge in [-0.15, -0.1) is 0 Å². The minimum atomic E-state index is -4.71. The van der Waals surface area contributed by atoms with Crippen LogP contribution in [0.4, 0.5) is 8.78 Å². The van der Waals surface area contributed by atoms with Gasteiger partial charge in [-0.3, -0.25) is 0 Å². The molecule has 16 heavy (non-hydrogen) atoms. The van der Waals surface area contributed by atoms with Crippen molar-refractivity contribution in [1.29, 1.82) is 0 Å². The van der Waals surface area contributed by atoms with Crippen LogP contribution in [0.5, 0.6) is 0 Å². The van der Waals surface area contributed by atoms with Crippen LogP contribution in [0.1, 0.15) is 31.7 Å². The second-order valence-electron chi connectivity index (χ2n) is 3.65. The number of rotatable bonds is 3. The van der Waals surface area contributed by atoms with Crippen LogP contribution in [0.15, 0.2) is 5.16 Å². The Morgan fingerprint density at radius 2 is 1.94 bits per heavy atom. The Balaban J connectivity index is 2.39. The lowest BCUT2D eigenvalue weighted by atomic mass is 10.3. The van der Waals surface area contributed by atoms with Crippen molar-refractivity contribution in [2.24, 2.45) is 0 Å². The van der Waals surface area contributed by atoms with Crippen LogP contribution < -0.4 is 0 Å². The van der Waals surface area contributed by atoms with Crippen molar-refractivity contribution >= 4 is 9.84 Å². The summed E-state index contributed by atoms with van der Waals surface area (Å²) in [7, 11) is -4.71. The van der Waals surface area contributed by atoms with E-state index >= 15 is 0 Å². The molecule has 1 heterocycles. The van der Waals surface area contributed by atoms with Gasteiger partial charge in [0.1, 0.15) is 0 Å².